The summed E-state index contributed by atoms with van der Waals surface area (Å²) in [6, 6.07) is 10.6. The predicted molar refractivity (Wildman–Crippen MR) is 76.9 cm³/mol. The maximum Gasteiger partial charge on any atom is 0.0515 e. The molecule has 0 saturated carbocycles. The summed E-state index contributed by atoms with van der Waals surface area (Å²) in [4.78, 5) is 4.17. The first-order valence-electron chi connectivity index (χ1n) is 5.81. The van der Waals surface area contributed by atoms with Crippen LogP contribution in [0.2, 0.25) is 0 Å². The predicted octanol–water partition coefficient (Wildman–Crippen LogP) is 2.90. The number of aryl methyl sites for hydroxylation is 1. The van der Waals surface area contributed by atoms with Crippen LogP contribution in [-0.4, -0.2) is 4.98 Å². The molecule has 0 radical (unpaired) electrons. The van der Waals surface area contributed by atoms with Crippen LogP contribution in [0.4, 0.5) is 0 Å². The molecule has 94 valence electrons. The summed E-state index contributed by atoms with van der Waals surface area (Å²) in [7, 11) is 0. The molecule has 18 heavy (non-hydrogen) atoms. The first-order chi connectivity index (χ1) is 8.69. The summed E-state index contributed by atoms with van der Waals surface area (Å²) < 4.78 is 0.962. The van der Waals surface area contributed by atoms with Crippen LogP contribution in [-0.2, 0) is 6.42 Å². The topological polar surface area (TPSA) is 50.9 Å². The van der Waals surface area contributed by atoms with E-state index in [1.807, 2.05) is 12.3 Å². The number of nitrogens with two attached hydrogens (primary N) is 1. The molecule has 0 aliphatic rings. The van der Waals surface area contributed by atoms with Crippen molar-refractivity contribution in [3.8, 4) is 0 Å². The highest BCUT2D eigenvalue weighted by Crippen LogP contribution is 2.20. The zero-order valence-corrected chi connectivity index (χ0v) is 11.8. The Bertz CT molecular complexity index is 511. The van der Waals surface area contributed by atoms with Crippen LogP contribution in [0.15, 0.2) is 47.2 Å². The van der Waals surface area contributed by atoms with Crippen molar-refractivity contribution < 1.29 is 0 Å². The Hall–Kier alpha value is -1.23. The third-order valence-corrected chi connectivity index (χ3v) is 3.32. The van der Waals surface area contributed by atoms with Gasteiger partial charge in [0.15, 0.2) is 0 Å². The molecular formula is C14H16BrN3. The van der Waals surface area contributed by atoms with Crippen LogP contribution < -0.4 is 11.3 Å². The van der Waals surface area contributed by atoms with Crippen LogP contribution in [0, 0.1) is 6.92 Å². The lowest BCUT2D eigenvalue weighted by Gasteiger charge is -2.16. The summed E-state index contributed by atoms with van der Waals surface area (Å²) in [5.74, 6) is 5.64. The summed E-state index contributed by atoms with van der Waals surface area (Å²) in [6.07, 6.45) is 4.45. The Morgan fingerprint density at radius 1 is 1.28 bits per heavy atom. The highest BCUT2D eigenvalue weighted by atomic mass is 79.9. The number of nitrogens with zero attached hydrogens (tertiary/aromatic N) is 1. The number of aromatic nitrogens is 1. The number of rotatable bonds is 4. The number of benzene rings is 1. The molecule has 3 N–H and O–H groups in total. The fourth-order valence-corrected chi connectivity index (χ4v) is 2.23. The van der Waals surface area contributed by atoms with E-state index in [1.165, 1.54) is 11.1 Å². The molecule has 0 amide bonds. The minimum atomic E-state index is 0.0673. The molecule has 0 saturated heterocycles. The van der Waals surface area contributed by atoms with Gasteiger partial charge in [-0.15, -0.1) is 0 Å². The van der Waals surface area contributed by atoms with Gasteiger partial charge in [-0.25, -0.2) is 0 Å². The zero-order chi connectivity index (χ0) is 13.0. The molecule has 0 aliphatic carbocycles. The number of pyridine rings is 1. The second-order valence-electron chi connectivity index (χ2n) is 4.35. The normalized spacial score (nSPS) is 12.4. The molecule has 1 heterocycles. The minimum absolute atomic E-state index is 0.0673. The largest absolute Gasteiger partial charge is 0.271 e. The average Bonchev–Trinajstić information content (AvgIpc) is 2.38. The van der Waals surface area contributed by atoms with Gasteiger partial charge < -0.3 is 0 Å². The van der Waals surface area contributed by atoms with Crippen LogP contribution in [0.25, 0.3) is 0 Å². The Morgan fingerprint density at radius 3 is 2.61 bits per heavy atom. The van der Waals surface area contributed by atoms with Crippen LogP contribution in [0.1, 0.15) is 22.7 Å². The monoisotopic (exact) mass is 305 g/mol. The maximum absolute atomic E-state index is 5.64. The number of nitrogens with one attached hydrogen (secondary N) is 1. The van der Waals surface area contributed by atoms with Gasteiger partial charge >= 0.3 is 0 Å². The van der Waals surface area contributed by atoms with Crippen molar-refractivity contribution in [3.63, 3.8) is 0 Å². The van der Waals surface area contributed by atoms with E-state index in [0.717, 1.165) is 16.5 Å². The van der Waals surface area contributed by atoms with Crippen molar-refractivity contribution in [1.29, 1.82) is 0 Å². The number of hydrogen-bond donors (Lipinski definition) is 2. The molecule has 3 nitrogen and oxygen atoms in total. The smallest absolute Gasteiger partial charge is 0.0515 e. The molecule has 0 fully saturated rings. The molecule has 1 aromatic heterocycles. The van der Waals surface area contributed by atoms with Gasteiger partial charge in [0.2, 0.25) is 0 Å². The fraction of sp³-hybridized carbons (Fsp3) is 0.214. The third-order valence-electron chi connectivity index (χ3n) is 2.89. The van der Waals surface area contributed by atoms with Gasteiger partial charge in [0, 0.05) is 16.9 Å². The molecule has 2 aromatic rings. The SMILES string of the molecule is Cc1ccc(CC(NN)c2cncc(Br)c2)cc1. The van der Waals surface area contributed by atoms with Crippen LogP contribution in [0.3, 0.4) is 0 Å². The zero-order valence-electron chi connectivity index (χ0n) is 10.2. The van der Waals surface area contributed by atoms with E-state index in [1.54, 1.807) is 6.20 Å². The van der Waals surface area contributed by atoms with E-state index in [-0.39, 0.29) is 6.04 Å². The van der Waals surface area contributed by atoms with Gasteiger partial charge in [-0.1, -0.05) is 29.8 Å². The van der Waals surface area contributed by atoms with Crippen molar-refractivity contribution in [2.45, 2.75) is 19.4 Å². The Morgan fingerprint density at radius 2 is 2.00 bits per heavy atom. The third kappa shape index (κ3) is 3.38. The first kappa shape index (κ1) is 13.2. The standard InChI is InChI=1S/C14H16BrN3/c1-10-2-4-11(5-3-10)6-14(18-16)12-7-13(15)9-17-8-12/h2-5,7-9,14,18H,6,16H2,1H3. The highest BCUT2D eigenvalue weighted by Gasteiger charge is 2.11. The van der Waals surface area contributed by atoms with E-state index in [2.05, 4.69) is 57.5 Å². The molecule has 0 spiro atoms. The maximum atomic E-state index is 5.64. The lowest BCUT2D eigenvalue weighted by molar-refractivity contribution is 0.550. The second kappa shape index (κ2) is 6.09. The van der Waals surface area contributed by atoms with Crippen molar-refractivity contribution in [1.82, 2.24) is 10.4 Å². The fourth-order valence-electron chi connectivity index (χ4n) is 1.85. The van der Waals surface area contributed by atoms with Gasteiger partial charge in [-0.3, -0.25) is 16.3 Å². The molecule has 4 heteroatoms. The summed E-state index contributed by atoms with van der Waals surface area (Å²) in [5, 5.41) is 0. The van der Waals surface area contributed by atoms with E-state index in [0.29, 0.717) is 0 Å². The summed E-state index contributed by atoms with van der Waals surface area (Å²) in [5.41, 5.74) is 6.44. The van der Waals surface area contributed by atoms with E-state index in [4.69, 9.17) is 5.84 Å². The minimum Gasteiger partial charge on any atom is -0.271 e. The van der Waals surface area contributed by atoms with E-state index < -0.39 is 0 Å². The molecule has 0 bridgehead atoms. The quantitative estimate of drug-likeness (QED) is 0.674. The lowest BCUT2D eigenvalue weighted by atomic mass is 10.00. The number of halogens is 1. The van der Waals surface area contributed by atoms with Crippen LogP contribution in [0.5, 0.6) is 0 Å². The molecule has 0 aliphatic heterocycles. The lowest BCUT2D eigenvalue weighted by Crippen LogP contribution is -2.29. The van der Waals surface area contributed by atoms with Gasteiger partial charge in [0.05, 0.1) is 6.04 Å². The van der Waals surface area contributed by atoms with Crippen molar-refractivity contribution in [3.05, 3.63) is 63.9 Å². The summed E-state index contributed by atoms with van der Waals surface area (Å²) in [6.45, 7) is 2.08. The van der Waals surface area contributed by atoms with E-state index >= 15 is 0 Å². The molecular weight excluding hydrogens is 290 g/mol. The molecule has 1 unspecified atom stereocenters. The molecule has 1 atom stereocenters. The number of hydrazine groups is 1. The Labute approximate surface area is 116 Å². The van der Waals surface area contributed by atoms with Crippen molar-refractivity contribution in [2.75, 3.05) is 0 Å². The van der Waals surface area contributed by atoms with E-state index in [9.17, 15) is 0 Å². The number of hydrogen-bond acceptors (Lipinski definition) is 3. The van der Waals surface area contributed by atoms with Gasteiger partial charge in [-0.05, 0) is 46.5 Å². The molecule has 1 aromatic carbocycles. The van der Waals surface area contributed by atoms with Crippen LogP contribution >= 0.6 is 15.9 Å². The van der Waals surface area contributed by atoms with Crippen molar-refractivity contribution >= 4 is 15.9 Å². The average molecular weight is 306 g/mol. The van der Waals surface area contributed by atoms with Gasteiger partial charge in [-0.2, -0.15) is 0 Å². The first-order valence-corrected chi connectivity index (χ1v) is 6.60. The van der Waals surface area contributed by atoms with Crippen molar-refractivity contribution in [2.24, 2.45) is 5.84 Å². The van der Waals surface area contributed by atoms with Gasteiger partial charge in [0.25, 0.3) is 0 Å². The Balaban J connectivity index is 2.17. The summed E-state index contributed by atoms with van der Waals surface area (Å²) >= 11 is 3.42. The Kier molecular flexibility index (Phi) is 4.47. The molecule has 2 rings (SSSR count). The highest BCUT2D eigenvalue weighted by molar-refractivity contribution is 9.10. The second-order valence-corrected chi connectivity index (χ2v) is 5.26. The van der Waals surface area contributed by atoms with Gasteiger partial charge in [0.1, 0.15) is 0 Å².